The Balaban J connectivity index is 1.59. The zero-order valence-corrected chi connectivity index (χ0v) is 24.1. The molecule has 0 amide bonds. The van der Waals surface area contributed by atoms with E-state index < -0.39 is 38.1 Å². The highest BCUT2D eigenvalue weighted by Gasteiger charge is 2.30. The lowest BCUT2D eigenvalue weighted by atomic mass is 9.81. The highest BCUT2D eigenvalue weighted by molar-refractivity contribution is 7.92. The lowest BCUT2D eigenvalue weighted by molar-refractivity contribution is 0.216. The van der Waals surface area contributed by atoms with Gasteiger partial charge in [-0.25, -0.2) is 26.6 Å². The van der Waals surface area contributed by atoms with Crippen molar-refractivity contribution in [1.29, 1.82) is 0 Å². The standard InChI is InChI=1S/C29H33F3N6O2S/c1-16(2)38-28-20(17-9-11-18(12-10-17)37(3)4)15-34-29(33)26(28)27(35-38)19-13-23(32)24(14-22(19)31)36-41(39,40)25-8-6-5-7-21(25)30/h5-8,13-18,36H,9-12H2,1-4H3,(H2,33,34)/t17-,18-. The van der Waals surface area contributed by atoms with Gasteiger partial charge in [0.2, 0.25) is 0 Å². The molecule has 0 unspecified atom stereocenters. The van der Waals surface area contributed by atoms with Gasteiger partial charge in [0.15, 0.2) is 0 Å². The molecule has 1 saturated carbocycles. The lowest BCUT2D eigenvalue weighted by Crippen LogP contribution is -2.31. The van der Waals surface area contributed by atoms with Crippen molar-refractivity contribution in [2.24, 2.45) is 0 Å². The van der Waals surface area contributed by atoms with E-state index in [1.807, 2.05) is 18.6 Å². The average Bonchev–Trinajstić information content (AvgIpc) is 3.32. The number of rotatable bonds is 7. The average molecular weight is 587 g/mol. The monoisotopic (exact) mass is 586 g/mol. The molecule has 0 aliphatic heterocycles. The van der Waals surface area contributed by atoms with Crippen LogP contribution in [-0.4, -0.2) is 48.2 Å². The Bertz CT molecular complexity index is 1710. The van der Waals surface area contributed by atoms with Crippen molar-refractivity contribution in [2.45, 2.75) is 62.4 Å². The Kier molecular flexibility index (Phi) is 7.73. The van der Waals surface area contributed by atoms with Crippen LogP contribution in [0.25, 0.3) is 22.2 Å². The van der Waals surface area contributed by atoms with E-state index in [4.69, 9.17) is 5.73 Å². The maximum Gasteiger partial charge on any atom is 0.264 e. The molecule has 218 valence electrons. The number of nitrogen functional groups attached to an aromatic ring is 1. The van der Waals surface area contributed by atoms with Crippen LogP contribution in [0.2, 0.25) is 0 Å². The van der Waals surface area contributed by atoms with Crippen molar-refractivity contribution in [3.63, 3.8) is 0 Å². The van der Waals surface area contributed by atoms with Crippen LogP contribution in [0.3, 0.4) is 0 Å². The summed E-state index contributed by atoms with van der Waals surface area (Å²) in [5, 5.41) is 5.10. The SMILES string of the molecule is CC(C)n1nc(-c2cc(F)c(NS(=O)(=O)c3ccccc3F)cc2F)c2c(N)ncc([C@H]3CC[C@H](N(C)C)CC3)c21. The molecule has 0 bridgehead atoms. The molecule has 12 heteroatoms. The normalized spacial score (nSPS) is 18.0. The quantitative estimate of drug-likeness (QED) is 0.272. The molecular weight excluding hydrogens is 553 g/mol. The minimum Gasteiger partial charge on any atom is -0.383 e. The predicted octanol–water partition coefficient (Wildman–Crippen LogP) is 6.07. The van der Waals surface area contributed by atoms with Crippen LogP contribution in [0.4, 0.5) is 24.7 Å². The fraction of sp³-hybridized carbons (Fsp3) is 0.379. The Morgan fingerprint density at radius 2 is 1.71 bits per heavy atom. The third-order valence-corrected chi connectivity index (χ3v) is 9.22. The molecule has 0 radical (unpaired) electrons. The zero-order valence-electron chi connectivity index (χ0n) is 23.3. The van der Waals surface area contributed by atoms with E-state index in [-0.39, 0.29) is 29.0 Å². The van der Waals surface area contributed by atoms with Gasteiger partial charge < -0.3 is 10.6 Å². The second kappa shape index (κ2) is 11.0. The van der Waals surface area contributed by atoms with Crippen molar-refractivity contribution in [3.05, 3.63) is 65.6 Å². The first kappa shape index (κ1) is 28.9. The number of pyridine rings is 1. The Morgan fingerprint density at radius 1 is 1.02 bits per heavy atom. The van der Waals surface area contributed by atoms with Gasteiger partial charge in [-0.1, -0.05) is 12.1 Å². The van der Waals surface area contributed by atoms with Crippen molar-refractivity contribution in [1.82, 2.24) is 19.7 Å². The van der Waals surface area contributed by atoms with Gasteiger partial charge in [0.05, 0.1) is 16.6 Å². The van der Waals surface area contributed by atoms with Gasteiger partial charge in [0.1, 0.15) is 33.9 Å². The molecule has 0 saturated heterocycles. The Hall–Kier alpha value is -3.64. The molecule has 3 N–H and O–H groups in total. The molecule has 2 aromatic heterocycles. The summed E-state index contributed by atoms with van der Waals surface area (Å²) in [5.41, 5.74) is 7.30. The largest absolute Gasteiger partial charge is 0.383 e. The summed E-state index contributed by atoms with van der Waals surface area (Å²) in [6, 6.07) is 6.62. The summed E-state index contributed by atoms with van der Waals surface area (Å²) >= 11 is 0. The van der Waals surface area contributed by atoms with E-state index in [1.165, 1.54) is 12.1 Å². The third kappa shape index (κ3) is 5.38. The summed E-state index contributed by atoms with van der Waals surface area (Å²) in [6.07, 6.45) is 5.71. The van der Waals surface area contributed by atoms with Crippen LogP contribution in [0.15, 0.2) is 47.5 Å². The fourth-order valence-corrected chi connectivity index (χ4v) is 6.79. The summed E-state index contributed by atoms with van der Waals surface area (Å²) in [6.45, 7) is 3.88. The van der Waals surface area contributed by atoms with E-state index in [0.717, 1.165) is 61.0 Å². The highest BCUT2D eigenvalue weighted by Crippen LogP contribution is 2.42. The maximum absolute atomic E-state index is 15.6. The number of hydrogen-bond acceptors (Lipinski definition) is 6. The number of aromatic nitrogens is 3. The molecule has 1 aliphatic carbocycles. The number of hydrogen-bond donors (Lipinski definition) is 2. The number of benzene rings is 2. The first-order valence-corrected chi connectivity index (χ1v) is 15.0. The Morgan fingerprint density at radius 3 is 2.34 bits per heavy atom. The van der Waals surface area contributed by atoms with Crippen LogP contribution in [-0.2, 0) is 10.0 Å². The van der Waals surface area contributed by atoms with Gasteiger partial charge in [-0.2, -0.15) is 5.10 Å². The van der Waals surface area contributed by atoms with Gasteiger partial charge >= 0.3 is 0 Å². The molecule has 8 nitrogen and oxygen atoms in total. The molecule has 5 rings (SSSR count). The summed E-state index contributed by atoms with van der Waals surface area (Å²) < 4.78 is 74.2. The molecule has 0 spiro atoms. The third-order valence-electron chi connectivity index (χ3n) is 7.82. The van der Waals surface area contributed by atoms with Crippen LogP contribution < -0.4 is 10.5 Å². The van der Waals surface area contributed by atoms with E-state index >= 15 is 8.78 Å². The van der Waals surface area contributed by atoms with Crippen LogP contribution in [0.1, 0.15) is 57.1 Å². The van der Waals surface area contributed by atoms with E-state index in [9.17, 15) is 12.8 Å². The molecule has 1 aliphatic rings. The molecule has 0 atom stereocenters. The van der Waals surface area contributed by atoms with E-state index in [2.05, 4.69) is 29.1 Å². The fourth-order valence-electron chi connectivity index (χ4n) is 5.65. The van der Waals surface area contributed by atoms with Crippen molar-refractivity contribution >= 4 is 32.4 Å². The topological polar surface area (TPSA) is 106 Å². The number of nitrogens with zero attached hydrogens (tertiary/aromatic N) is 4. The highest BCUT2D eigenvalue weighted by atomic mass is 32.2. The van der Waals surface area contributed by atoms with Gasteiger partial charge in [-0.15, -0.1) is 0 Å². The number of sulfonamides is 1. The minimum absolute atomic E-state index is 0.113. The first-order chi connectivity index (χ1) is 19.4. The molecular formula is C29H33F3N6O2S. The maximum atomic E-state index is 15.6. The number of fused-ring (bicyclic) bond motifs is 1. The molecule has 2 heterocycles. The minimum atomic E-state index is -4.52. The number of halogens is 3. The van der Waals surface area contributed by atoms with Gasteiger partial charge in [-0.3, -0.25) is 9.40 Å². The lowest BCUT2D eigenvalue weighted by Gasteiger charge is -2.33. The van der Waals surface area contributed by atoms with Gasteiger partial charge in [-0.05, 0) is 83.3 Å². The van der Waals surface area contributed by atoms with Gasteiger partial charge in [0, 0.05) is 29.9 Å². The number of anilines is 2. The van der Waals surface area contributed by atoms with Crippen LogP contribution in [0.5, 0.6) is 0 Å². The zero-order chi connectivity index (χ0) is 29.6. The molecule has 2 aromatic carbocycles. The smallest absolute Gasteiger partial charge is 0.264 e. The number of nitrogens with one attached hydrogen (secondary N) is 1. The van der Waals surface area contributed by atoms with E-state index in [0.29, 0.717) is 11.4 Å². The second-order valence-corrected chi connectivity index (χ2v) is 12.7. The van der Waals surface area contributed by atoms with Crippen molar-refractivity contribution < 1.29 is 21.6 Å². The van der Waals surface area contributed by atoms with E-state index in [1.54, 1.807) is 10.9 Å². The second-order valence-electron chi connectivity index (χ2n) is 11.0. The van der Waals surface area contributed by atoms with Crippen molar-refractivity contribution in [2.75, 3.05) is 24.6 Å². The summed E-state index contributed by atoms with van der Waals surface area (Å²) in [5.74, 6) is -2.66. The number of nitrogens with two attached hydrogens (primary N) is 1. The van der Waals surface area contributed by atoms with Crippen LogP contribution in [0, 0.1) is 17.5 Å². The predicted molar refractivity (Wildman–Crippen MR) is 154 cm³/mol. The molecule has 4 aromatic rings. The van der Waals surface area contributed by atoms with Crippen molar-refractivity contribution in [3.8, 4) is 11.3 Å². The van der Waals surface area contributed by atoms with Crippen LogP contribution >= 0.6 is 0 Å². The molecule has 1 fully saturated rings. The summed E-state index contributed by atoms with van der Waals surface area (Å²) in [7, 11) is -0.359. The summed E-state index contributed by atoms with van der Waals surface area (Å²) in [4.78, 5) is 5.98. The molecule has 41 heavy (non-hydrogen) atoms. The van der Waals surface area contributed by atoms with Gasteiger partial charge in [0.25, 0.3) is 10.0 Å². The Labute approximate surface area is 237 Å². The first-order valence-electron chi connectivity index (χ1n) is 13.5.